The SMILES string of the molecule is CN1C(=O)C(CC2CC2)(c2cccc(-c3cccc(I)c3)c2)N=C1N. The van der Waals surface area contributed by atoms with Crippen molar-refractivity contribution in [1.82, 2.24) is 4.90 Å². The molecule has 25 heavy (non-hydrogen) atoms. The minimum Gasteiger partial charge on any atom is -0.369 e. The van der Waals surface area contributed by atoms with Crippen molar-refractivity contribution in [3.8, 4) is 11.1 Å². The number of hydrogen-bond acceptors (Lipinski definition) is 3. The number of benzene rings is 2. The fraction of sp³-hybridized carbons (Fsp3) is 0.300. The lowest BCUT2D eigenvalue weighted by Crippen LogP contribution is -2.40. The summed E-state index contributed by atoms with van der Waals surface area (Å²) in [6.45, 7) is 0. The molecule has 1 fully saturated rings. The van der Waals surface area contributed by atoms with Crippen molar-refractivity contribution in [2.24, 2.45) is 16.6 Å². The van der Waals surface area contributed by atoms with E-state index < -0.39 is 5.54 Å². The van der Waals surface area contributed by atoms with Crippen LogP contribution in [0.1, 0.15) is 24.8 Å². The molecule has 5 heteroatoms. The molecular weight excluding hydrogens is 425 g/mol. The van der Waals surface area contributed by atoms with Crippen LogP contribution in [0.15, 0.2) is 53.5 Å². The van der Waals surface area contributed by atoms with E-state index >= 15 is 0 Å². The van der Waals surface area contributed by atoms with Crippen molar-refractivity contribution < 1.29 is 4.79 Å². The maximum Gasteiger partial charge on any atom is 0.261 e. The van der Waals surface area contributed by atoms with E-state index in [0.717, 1.165) is 23.1 Å². The number of guanidine groups is 1. The lowest BCUT2D eigenvalue weighted by Gasteiger charge is -2.26. The molecule has 0 saturated heterocycles. The number of halogens is 1. The third-order valence-corrected chi connectivity index (χ3v) is 5.76. The van der Waals surface area contributed by atoms with E-state index in [4.69, 9.17) is 5.73 Å². The summed E-state index contributed by atoms with van der Waals surface area (Å²) in [5.41, 5.74) is 8.32. The van der Waals surface area contributed by atoms with Gasteiger partial charge in [-0.15, -0.1) is 0 Å². The van der Waals surface area contributed by atoms with Crippen molar-refractivity contribution in [1.29, 1.82) is 0 Å². The maximum atomic E-state index is 13.0. The maximum absolute atomic E-state index is 13.0. The van der Waals surface area contributed by atoms with Gasteiger partial charge in [0.05, 0.1) is 0 Å². The minimum atomic E-state index is -0.863. The highest BCUT2D eigenvalue weighted by molar-refractivity contribution is 14.1. The molecule has 1 aliphatic heterocycles. The molecule has 2 aromatic rings. The van der Waals surface area contributed by atoms with Gasteiger partial charge >= 0.3 is 0 Å². The second kappa shape index (κ2) is 6.12. The van der Waals surface area contributed by atoms with Crippen molar-refractivity contribution in [3.63, 3.8) is 0 Å². The van der Waals surface area contributed by atoms with Gasteiger partial charge in [0.15, 0.2) is 11.5 Å². The second-order valence-electron chi connectivity index (χ2n) is 6.93. The number of carbonyl (C=O) groups is 1. The van der Waals surface area contributed by atoms with Crippen LogP contribution in [0.2, 0.25) is 0 Å². The van der Waals surface area contributed by atoms with Crippen LogP contribution in [-0.2, 0) is 10.3 Å². The lowest BCUT2D eigenvalue weighted by molar-refractivity contribution is -0.131. The van der Waals surface area contributed by atoms with Crippen LogP contribution in [0.25, 0.3) is 11.1 Å². The van der Waals surface area contributed by atoms with Crippen LogP contribution >= 0.6 is 22.6 Å². The third kappa shape index (κ3) is 2.94. The highest BCUT2D eigenvalue weighted by Crippen LogP contribution is 2.46. The first-order valence-electron chi connectivity index (χ1n) is 8.49. The lowest BCUT2D eigenvalue weighted by atomic mass is 9.83. The zero-order chi connectivity index (χ0) is 17.6. The van der Waals surface area contributed by atoms with Gasteiger partial charge in [0.1, 0.15) is 0 Å². The molecule has 0 spiro atoms. The Morgan fingerprint density at radius 1 is 1.20 bits per heavy atom. The Labute approximate surface area is 161 Å². The number of aliphatic imine (C=N–C) groups is 1. The Balaban J connectivity index is 1.81. The summed E-state index contributed by atoms with van der Waals surface area (Å²) in [5, 5.41) is 0. The summed E-state index contributed by atoms with van der Waals surface area (Å²) < 4.78 is 1.19. The minimum absolute atomic E-state index is 0.0170. The van der Waals surface area contributed by atoms with E-state index in [9.17, 15) is 4.79 Å². The van der Waals surface area contributed by atoms with Gasteiger partial charge in [-0.25, -0.2) is 4.99 Å². The van der Waals surface area contributed by atoms with Crippen molar-refractivity contribution >= 4 is 34.5 Å². The van der Waals surface area contributed by atoms with Gasteiger partial charge in [-0.05, 0) is 69.8 Å². The molecule has 2 N–H and O–H groups in total. The van der Waals surface area contributed by atoms with Crippen molar-refractivity contribution in [3.05, 3.63) is 57.7 Å². The Kier molecular flexibility index (Phi) is 4.06. The molecule has 1 saturated carbocycles. The first-order chi connectivity index (χ1) is 12.0. The fourth-order valence-corrected chi connectivity index (χ4v) is 4.05. The summed E-state index contributed by atoms with van der Waals surface area (Å²) in [6.07, 6.45) is 3.09. The molecule has 1 aliphatic carbocycles. The van der Waals surface area contributed by atoms with E-state index in [1.807, 2.05) is 18.2 Å². The first kappa shape index (κ1) is 16.6. The van der Waals surface area contributed by atoms with Crippen LogP contribution in [0.4, 0.5) is 0 Å². The van der Waals surface area contributed by atoms with Gasteiger partial charge in [-0.3, -0.25) is 9.69 Å². The van der Waals surface area contributed by atoms with Crippen molar-refractivity contribution in [2.45, 2.75) is 24.8 Å². The van der Waals surface area contributed by atoms with E-state index in [2.05, 4.69) is 57.9 Å². The number of likely N-dealkylation sites (N-methyl/N-ethyl adjacent to an activating group) is 1. The smallest absolute Gasteiger partial charge is 0.261 e. The molecule has 1 amide bonds. The van der Waals surface area contributed by atoms with Crippen LogP contribution in [0.5, 0.6) is 0 Å². The van der Waals surface area contributed by atoms with Crippen LogP contribution in [0.3, 0.4) is 0 Å². The molecular formula is C20H20IN3O. The van der Waals surface area contributed by atoms with Crippen molar-refractivity contribution in [2.75, 3.05) is 7.05 Å². The summed E-state index contributed by atoms with van der Waals surface area (Å²) in [5.74, 6) is 0.857. The normalized spacial score (nSPS) is 23.0. The number of hydrogen-bond donors (Lipinski definition) is 1. The Hall–Kier alpha value is -1.89. The molecule has 0 aromatic heterocycles. The number of amides is 1. The highest BCUT2D eigenvalue weighted by Gasteiger charge is 2.50. The quantitative estimate of drug-likeness (QED) is 0.730. The topological polar surface area (TPSA) is 58.7 Å². The Bertz CT molecular complexity index is 875. The molecule has 0 bridgehead atoms. The molecule has 4 nitrogen and oxygen atoms in total. The van der Waals surface area contributed by atoms with Gasteiger partial charge < -0.3 is 5.73 Å². The Morgan fingerprint density at radius 2 is 1.88 bits per heavy atom. The molecule has 0 radical (unpaired) electrons. The summed E-state index contributed by atoms with van der Waals surface area (Å²) in [6, 6.07) is 16.6. The molecule has 4 rings (SSSR count). The number of rotatable bonds is 4. The van der Waals surface area contributed by atoms with E-state index in [1.54, 1.807) is 7.05 Å². The van der Waals surface area contributed by atoms with Gasteiger partial charge in [0, 0.05) is 10.6 Å². The molecule has 2 aliphatic rings. The second-order valence-corrected chi connectivity index (χ2v) is 8.18. The molecule has 1 heterocycles. The van der Waals surface area contributed by atoms with Gasteiger partial charge in [0.25, 0.3) is 5.91 Å². The zero-order valence-corrected chi connectivity index (χ0v) is 16.2. The number of nitrogens with two attached hydrogens (primary N) is 1. The summed E-state index contributed by atoms with van der Waals surface area (Å²) in [7, 11) is 1.71. The van der Waals surface area contributed by atoms with Gasteiger partial charge in [-0.1, -0.05) is 43.2 Å². The summed E-state index contributed by atoms with van der Waals surface area (Å²) >= 11 is 2.32. The van der Waals surface area contributed by atoms with Gasteiger partial charge in [-0.2, -0.15) is 0 Å². The Morgan fingerprint density at radius 3 is 2.48 bits per heavy atom. The van der Waals surface area contributed by atoms with Crippen LogP contribution < -0.4 is 5.73 Å². The van der Waals surface area contributed by atoms with Crippen LogP contribution in [0, 0.1) is 9.49 Å². The van der Waals surface area contributed by atoms with Crippen LogP contribution in [-0.4, -0.2) is 23.8 Å². The molecule has 1 unspecified atom stereocenters. The first-order valence-corrected chi connectivity index (χ1v) is 9.57. The van der Waals surface area contributed by atoms with E-state index in [0.29, 0.717) is 11.9 Å². The highest BCUT2D eigenvalue weighted by atomic mass is 127. The largest absolute Gasteiger partial charge is 0.369 e. The average molecular weight is 445 g/mol. The average Bonchev–Trinajstić information content (AvgIpc) is 3.40. The monoisotopic (exact) mass is 445 g/mol. The zero-order valence-electron chi connectivity index (χ0n) is 14.1. The molecule has 1 atom stereocenters. The third-order valence-electron chi connectivity index (χ3n) is 5.09. The van der Waals surface area contributed by atoms with E-state index in [1.165, 1.54) is 21.3 Å². The van der Waals surface area contributed by atoms with E-state index in [-0.39, 0.29) is 5.91 Å². The van der Waals surface area contributed by atoms with Gasteiger partial charge in [0.2, 0.25) is 0 Å². The predicted molar refractivity (Wildman–Crippen MR) is 108 cm³/mol. The number of carbonyl (C=O) groups excluding carboxylic acids is 1. The fourth-order valence-electron chi connectivity index (χ4n) is 3.50. The summed E-state index contributed by atoms with van der Waals surface area (Å²) in [4.78, 5) is 19.2. The molecule has 2 aromatic carbocycles. The molecule has 128 valence electrons. The standard InChI is InChI=1S/C20H20IN3O/c1-24-18(25)20(23-19(24)22,12-13-8-9-13)16-6-2-4-14(10-16)15-5-3-7-17(21)11-15/h2-7,10-11,13H,8-9,12H2,1H3,(H2,22,23). The number of nitrogens with zero attached hydrogens (tertiary/aromatic N) is 2. The predicted octanol–water partition coefficient (Wildman–Crippen LogP) is 3.74.